The van der Waals surface area contributed by atoms with Gasteiger partial charge in [-0.2, -0.15) is 0 Å². The first-order valence-corrected chi connectivity index (χ1v) is 30.4. The van der Waals surface area contributed by atoms with Gasteiger partial charge < -0.3 is 9.97 Å². The minimum absolute atomic E-state index is 0. The van der Waals surface area contributed by atoms with Crippen molar-refractivity contribution in [3.05, 3.63) is 276 Å². The van der Waals surface area contributed by atoms with Crippen molar-refractivity contribution in [3.8, 4) is 67.0 Å². The summed E-state index contributed by atoms with van der Waals surface area (Å²) >= 11 is 0. The normalized spacial score (nSPS) is 21.6. The van der Waals surface area contributed by atoms with Crippen molar-refractivity contribution >= 4 is 0 Å². The third-order valence-electron chi connectivity index (χ3n) is 20.5. The van der Waals surface area contributed by atoms with Crippen LogP contribution in [0.2, 0.25) is 0 Å². The van der Waals surface area contributed by atoms with Crippen molar-refractivity contribution in [3.63, 3.8) is 0 Å². The molecular weight excluding hydrogens is 1180 g/mol. The summed E-state index contributed by atoms with van der Waals surface area (Å²) in [7, 11) is 0. The molecule has 6 aliphatic rings. The van der Waals surface area contributed by atoms with Crippen molar-refractivity contribution in [1.29, 1.82) is 0 Å². The zero-order chi connectivity index (χ0) is 55.9. The minimum Gasteiger partial charge on any atom is -0.305 e. The molecule has 0 aliphatic heterocycles. The summed E-state index contributed by atoms with van der Waals surface area (Å²) in [6.07, 6.45) is 19.3. The molecule has 6 aliphatic carbocycles. The van der Waals surface area contributed by atoms with E-state index in [0.717, 1.165) is 28.1 Å². The van der Waals surface area contributed by atoms with Crippen LogP contribution in [0.1, 0.15) is 137 Å². The second-order valence-electron chi connectivity index (χ2n) is 25.9. The molecule has 83 heavy (non-hydrogen) atoms. The van der Waals surface area contributed by atoms with Crippen LogP contribution in [0.15, 0.2) is 225 Å². The zero-order valence-electron chi connectivity index (χ0n) is 49.1. The average molecular weight is 1260 g/mol. The van der Waals surface area contributed by atoms with Gasteiger partial charge in [-0.25, -0.2) is 0 Å². The summed E-state index contributed by atoms with van der Waals surface area (Å²) in [5, 5.41) is 0. The maximum Gasteiger partial charge on any atom is 0.0239 e. The number of nitrogens with zero attached hydrogens (tertiary/aromatic N) is 2. The van der Waals surface area contributed by atoms with Crippen LogP contribution in [0.3, 0.4) is 0 Å². The molecule has 4 bridgehead atoms. The largest absolute Gasteiger partial charge is 0.305 e. The van der Waals surface area contributed by atoms with Crippen molar-refractivity contribution in [2.75, 3.05) is 0 Å². The first-order chi connectivity index (χ1) is 39.9. The van der Waals surface area contributed by atoms with Gasteiger partial charge in [-0.1, -0.05) is 185 Å². The van der Waals surface area contributed by atoms with E-state index in [4.69, 9.17) is 4.98 Å². The summed E-state index contributed by atoms with van der Waals surface area (Å²) in [5.41, 5.74) is 26.0. The van der Waals surface area contributed by atoms with E-state index in [1.54, 1.807) is 17.3 Å². The first-order valence-electron chi connectivity index (χ1n) is 30.4. The minimum atomic E-state index is 0. The van der Waals surface area contributed by atoms with E-state index in [9.17, 15) is 0 Å². The van der Waals surface area contributed by atoms with Crippen LogP contribution in [0.25, 0.3) is 67.0 Å². The molecule has 10 aromatic rings. The average Bonchev–Trinajstić information content (AvgIpc) is 3.05. The van der Waals surface area contributed by atoms with Gasteiger partial charge in [-0.15, -0.1) is 71.3 Å². The topological polar surface area (TPSA) is 25.8 Å². The second kappa shape index (κ2) is 23.0. The Hall–Kier alpha value is -7.29. The molecule has 16 rings (SSSR count). The van der Waals surface area contributed by atoms with Gasteiger partial charge in [0.05, 0.1) is 0 Å². The molecule has 2 aromatic heterocycles. The Labute approximate surface area is 508 Å². The second-order valence-corrected chi connectivity index (χ2v) is 25.9. The predicted molar refractivity (Wildman–Crippen MR) is 342 cm³/mol. The van der Waals surface area contributed by atoms with Gasteiger partial charge in [0.2, 0.25) is 0 Å². The van der Waals surface area contributed by atoms with Gasteiger partial charge >= 0.3 is 0 Å². The summed E-state index contributed by atoms with van der Waals surface area (Å²) in [5.74, 6) is 0. The summed E-state index contributed by atoms with van der Waals surface area (Å²) < 4.78 is 0. The van der Waals surface area contributed by atoms with Crippen LogP contribution in [0.4, 0.5) is 0 Å². The molecular formula is C80H76IrN2-2. The van der Waals surface area contributed by atoms with E-state index < -0.39 is 0 Å². The fourth-order valence-electron chi connectivity index (χ4n) is 15.1. The van der Waals surface area contributed by atoms with Crippen molar-refractivity contribution in [2.24, 2.45) is 0 Å². The SMILES string of the molecule is CC(C)(C)c1c[c-]c(-c2ccccn2)cc1.Cc1cc(-c2ccc(-c3ccc(C45CCC(c6ccc(-c7ccc(-c8[c-]cccc8)nc7)cc6)(CC4)CC5)cc3)c(C)c2)ccc1-c1ccc(C23CCC(c4ccccc4)(CC2)CC3)cc1.[Ir]. The fourth-order valence-corrected chi connectivity index (χ4v) is 15.1. The Bertz CT molecular complexity index is 3770. The van der Waals surface area contributed by atoms with Crippen molar-refractivity contribution in [1.82, 2.24) is 9.97 Å². The monoisotopic (exact) mass is 1260 g/mol. The maximum atomic E-state index is 4.75. The van der Waals surface area contributed by atoms with E-state index in [0.29, 0.717) is 21.7 Å². The molecule has 0 unspecified atom stereocenters. The van der Waals surface area contributed by atoms with E-state index in [-0.39, 0.29) is 25.5 Å². The molecule has 417 valence electrons. The molecule has 0 spiro atoms. The summed E-state index contributed by atoms with van der Waals surface area (Å²) in [6, 6.07) is 85.4. The Kier molecular flexibility index (Phi) is 15.6. The molecule has 0 amide bonds. The molecule has 2 nitrogen and oxygen atoms in total. The van der Waals surface area contributed by atoms with Gasteiger partial charge in [-0.3, -0.25) is 0 Å². The van der Waals surface area contributed by atoms with Gasteiger partial charge in [-0.05, 0) is 213 Å². The van der Waals surface area contributed by atoms with E-state index in [1.807, 2.05) is 42.6 Å². The number of hydrogen-bond donors (Lipinski definition) is 0. The first kappa shape index (κ1) is 56.2. The molecule has 0 N–H and O–H groups in total. The van der Waals surface area contributed by atoms with Gasteiger partial charge in [0.1, 0.15) is 0 Å². The number of pyridine rings is 2. The van der Waals surface area contributed by atoms with Crippen LogP contribution in [0, 0.1) is 26.0 Å². The van der Waals surface area contributed by atoms with Crippen LogP contribution in [0.5, 0.6) is 0 Å². The van der Waals surface area contributed by atoms with Crippen LogP contribution in [-0.4, -0.2) is 9.97 Å². The van der Waals surface area contributed by atoms with E-state index in [2.05, 4.69) is 228 Å². The zero-order valence-corrected chi connectivity index (χ0v) is 51.5. The predicted octanol–water partition coefficient (Wildman–Crippen LogP) is 20.8. The van der Waals surface area contributed by atoms with Crippen LogP contribution < -0.4 is 0 Å². The Balaban J connectivity index is 0.000000346. The Morgan fingerprint density at radius 2 is 0.783 bits per heavy atom. The molecule has 3 heteroatoms. The Morgan fingerprint density at radius 1 is 0.361 bits per heavy atom. The quantitative estimate of drug-likeness (QED) is 0.128. The smallest absolute Gasteiger partial charge is 0.0239 e. The van der Waals surface area contributed by atoms with Gasteiger partial charge in [0.25, 0.3) is 0 Å². The standard InChI is InChI=1S/C65H60N.C15H16N.Ir/c1-46-43-52(19-28-59(46)49-15-24-57(25-16-49)64-34-31-62(32-35-64,33-36-64)55-11-7-4-8-12-55)53-20-29-60(47(2)44-53)50-17-26-58(27-18-50)65-40-37-63(38-41-65,39-42-65)56-22-13-48(14-23-56)54-21-30-61(66-45-54)51-9-5-3-6-10-51;1-15(2,3)13-9-7-12(8-10-13)14-6-4-5-11-16-14;/h3-9,11-30,43-45H,31-42H2,1-2H3;4-7,9-11H,1-3H3;/q2*-1;. The van der Waals surface area contributed by atoms with Crippen molar-refractivity contribution in [2.45, 2.75) is 139 Å². The molecule has 6 saturated carbocycles. The fraction of sp³-hybridized carbons (Fsp3) is 0.275. The number of aryl methyl sites for hydroxylation is 2. The maximum absolute atomic E-state index is 4.75. The van der Waals surface area contributed by atoms with Crippen LogP contribution >= 0.6 is 0 Å². The Morgan fingerprint density at radius 3 is 1.18 bits per heavy atom. The van der Waals surface area contributed by atoms with Crippen LogP contribution in [-0.2, 0) is 47.2 Å². The third-order valence-corrected chi connectivity index (χ3v) is 20.5. The third kappa shape index (κ3) is 11.1. The number of fused-ring (bicyclic) bond motifs is 6. The number of benzene rings is 8. The molecule has 0 saturated heterocycles. The molecule has 6 fully saturated rings. The van der Waals surface area contributed by atoms with Gasteiger partial charge in [0.15, 0.2) is 0 Å². The van der Waals surface area contributed by atoms with E-state index in [1.165, 1.54) is 144 Å². The van der Waals surface area contributed by atoms with E-state index >= 15 is 0 Å². The molecule has 8 aromatic carbocycles. The molecule has 0 atom stereocenters. The molecule has 2 heterocycles. The molecule has 1 radical (unpaired) electrons. The number of rotatable bonds is 10. The summed E-state index contributed by atoms with van der Waals surface area (Å²) in [4.78, 5) is 9.06. The number of hydrogen-bond acceptors (Lipinski definition) is 2. The summed E-state index contributed by atoms with van der Waals surface area (Å²) in [6.45, 7) is 11.2. The van der Waals surface area contributed by atoms with Gasteiger partial charge in [0, 0.05) is 32.5 Å². The van der Waals surface area contributed by atoms with Crippen molar-refractivity contribution < 1.29 is 20.1 Å². The number of aromatic nitrogens is 2.